The molecule has 124 valence electrons. The molecule has 0 amide bonds. The van der Waals surface area contributed by atoms with Crippen LogP contribution in [0.2, 0.25) is 0 Å². The van der Waals surface area contributed by atoms with Crippen LogP contribution in [-0.4, -0.2) is 65.8 Å². The summed E-state index contributed by atoms with van der Waals surface area (Å²) in [6, 6.07) is 0. The van der Waals surface area contributed by atoms with E-state index in [9.17, 15) is 4.79 Å². The van der Waals surface area contributed by atoms with E-state index >= 15 is 0 Å². The first-order chi connectivity index (χ1) is 10.3. The molecule has 21 heavy (non-hydrogen) atoms. The lowest BCUT2D eigenvalue weighted by atomic mass is 9.95. The Morgan fingerprint density at radius 2 is 1.81 bits per heavy atom. The van der Waals surface area contributed by atoms with E-state index in [0.717, 1.165) is 19.5 Å². The van der Waals surface area contributed by atoms with Crippen LogP contribution in [0, 0.1) is 5.92 Å². The van der Waals surface area contributed by atoms with E-state index in [0.29, 0.717) is 52.0 Å². The van der Waals surface area contributed by atoms with Crippen molar-refractivity contribution < 1.29 is 23.7 Å². The number of hydrogen-bond acceptors (Lipinski definition) is 6. The van der Waals surface area contributed by atoms with Crippen molar-refractivity contribution in [1.29, 1.82) is 0 Å². The zero-order valence-corrected chi connectivity index (χ0v) is 13.1. The molecule has 1 unspecified atom stereocenters. The summed E-state index contributed by atoms with van der Waals surface area (Å²) < 4.78 is 20.5. The van der Waals surface area contributed by atoms with Crippen LogP contribution in [0.15, 0.2) is 0 Å². The van der Waals surface area contributed by atoms with Crippen LogP contribution < -0.4 is 5.32 Å². The number of carbonyl (C=O) groups excluding carboxylic acids is 1. The van der Waals surface area contributed by atoms with Crippen molar-refractivity contribution in [1.82, 2.24) is 5.32 Å². The lowest BCUT2D eigenvalue weighted by molar-refractivity contribution is -0.145. The van der Waals surface area contributed by atoms with Crippen molar-refractivity contribution in [2.75, 3.05) is 59.8 Å². The molecule has 1 fully saturated rings. The summed E-state index contributed by atoms with van der Waals surface area (Å²) in [5, 5.41) is 3.35. The van der Waals surface area contributed by atoms with Gasteiger partial charge in [0, 0.05) is 13.5 Å². The molecule has 0 saturated carbocycles. The summed E-state index contributed by atoms with van der Waals surface area (Å²) in [5.74, 6) is 0.493. The first-order valence-electron chi connectivity index (χ1n) is 7.83. The fourth-order valence-electron chi connectivity index (χ4n) is 2.24. The molecule has 1 aliphatic heterocycles. The number of piperidine rings is 1. The second kappa shape index (κ2) is 13.0. The number of hydrogen-bond donors (Lipinski definition) is 1. The summed E-state index contributed by atoms with van der Waals surface area (Å²) in [4.78, 5) is 11.6. The molecular weight excluding hydrogens is 274 g/mol. The van der Waals surface area contributed by atoms with E-state index in [2.05, 4.69) is 5.32 Å². The molecule has 1 atom stereocenters. The highest BCUT2D eigenvalue weighted by Gasteiger charge is 2.14. The van der Waals surface area contributed by atoms with Crippen LogP contribution in [0.3, 0.4) is 0 Å². The normalized spacial score (nSPS) is 18.6. The quantitative estimate of drug-likeness (QED) is 0.428. The summed E-state index contributed by atoms with van der Waals surface area (Å²) in [6.45, 7) is 5.08. The van der Waals surface area contributed by atoms with Gasteiger partial charge in [0.15, 0.2) is 0 Å². The molecule has 0 aromatic carbocycles. The van der Waals surface area contributed by atoms with Crippen molar-refractivity contribution in [3.05, 3.63) is 0 Å². The standard InChI is InChI=1S/C15H29NO5/c1-18-7-8-19-9-10-20-11-12-21-15(17)5-4-14-3-2-6-16-13-14/h14,16H,2-13H2,1H3. The number of rotatable bonds is 12. The third-order valence-corrected chi connectivity index (χ3v) is 3.45. The molecular formula is C15H29NO5. The molecule has 0 spiro atoms. The average molecular weight is 303 g/mol. The Bertz CT molecular complexity index is 256. The minimum atomic E-state index is -0.125. The maximum atomic E-state index is 11.6. The van der Waals surface area contributed by atoms with Crippen LogP contribution in [0.1, 0.15) is 25.7 Å². The molecule has 0 radical (unpaired) electrons. The molecule has 6 nitrogen and oxygen atoms in total. The topological polar surface area (TPSA) is 66.0 Å². The molecule has 1 saturated heterocycles. The van der Waals surface area contributed by atoms with Gasteiger partial charge < -0.3 is 24.3 Å². The van der Waals surface area contributed by atoms with Crippen LogP contribution >= 0.6 is 0 Å². The van der Waals surface area contributed by atoms with Gasteiger partial charge in [-0.05, 0) is 38.3 Å². The highest BCUT2D eigenvalue weighted by molar-refractivity contribution is 5.69. The maximum Gasteiger partial charge on any atom is 0.305 e. The monoisotopic (exact) mass is 303 g/mol. The van der Waals surface area contributed by atoms with Gasteiger partial charge in [-0.15, -0.1) is 0 Å². The SMILES string of the molecule is COCCOCCOCCOC(=O)CCC1CCCNC1. The predicted molar refractivity (Wildman–Crippen MR) is 79.3 cm³/mol. The fourth-order valence-corrected chi connectivity index (χ4v) is 2.24. The number of nitrogens with one attached hydrogen (secondary N) is 1. The number of ether oxygens (including phenoxy) is 4. The number of esters is 1. The second-order valence-electron chi connectivity index (χ2n) is 5.19. The lowest BCUT2D eigenvalue weighted by Crippen LogP contribution is -2.30. The van der Waals surface area contributed by atoms with Crippen molar-refractivity contribution in [2.45, 2.75) is 25.7 Å². The smallest absolute Gasteiger partial charge is 0.305 e. The summed E-state index contributed by atoms with van der Waals surface area (Å²) in [5.41, 5.74) is 0. The Labute approximate surface area is 127 Å². The maximum absolute atomic E-state index is 11.6. The highest BCUT2D eigenvalue weighted by Crippen LogP contribution is 2.15. The van der Waals surface area contributed by atoms with Crippen LogP contribution in [0.4, 0.5) is 0 Å². The van der Waals surface area contributed by atoms with Crippen LogP contribution in [0.25, 0.3) is 0 Å². The van der Waals surface area contributed by atoms with Gasteiger partial charge >= 0.3 is 5.97 Å². The van der Waals surface area contributed by atoms with Crippen molar-refractivity contribution >= 4 is 5.97 Å². The van der Waals surface area contributed by atoms with E-state index in [1.165, 1.54) is 12.8 Å². The predicted octanol–water partition coefficient (Wildman–Crippen LogP) is 0.989. The zero-order chi connectivity index (χ0) is 15.2. The largest absolute Gasteiger partial charge is 0.463 e. The Morgan fingerprint density at radius 1 is 1.10 bits per heavy atom. The second-order valence-corrected chi connectivity index (χ2v) is 5.19. The summed E-state index contributed by atoms with van der Waals surface area (Å²) in [6.07, 6.45) is 3.85. The Balaban J connectivity index is 1.82. The third kappa shape index (κ3) is 10.6. The van der Waals surface area contributed by atoms with Gasteiger partial charge in [-0.1, -0.05) is 0 Å². The van der Waals surface area contributed by atoms with Gasteiger partial charge in [0.25, 0.3) is 0 Å². The van der Waals surface area contributed by atoms with Gasteiger partial charge in [-0.3, -0.25) is 4.79 Å². The van der Waals surface area contributed by atoms with Crippen LogP contribution in [0.5, 0.6) is 0 Å². The molecule has 0 aromatic rings. The van der Waals surface area contributed by atoms with E-state index in [1.807, 2.05) is 0 Å². The molecule has 1 N–H and O–H groups in total. The minimum Gasteiger partial charge on any atom is -0.463 e. The fraction of sp³-hybridized carbons (Fsp3) is 0.933. The van der Waals surface area contributed by atoms with Crippen LogP contribution in [-0.2, 0) is 23.7 Å². The molecule has 0 bridgehead atoms. The van der Waals surface area contributed by atoms with Gasteiger partial charge in [0.2, 0.25) is 0 Å². The zero-order valence-electron chi connectivity index (χ0n) is 13.1. The third-order valence-electron chi connectivity index (χ3n) is 3.45. The Kier molecular flexibility index (Phi) is 11.4. The van der Waals surface area contributed by atoms with Gasteiger partial charge in [0.05, 0.1) is 33.0 Å². The lowest BCUT2D eigenvalue weighted by Gasteiger charge is -2.22. The molecule has 1 aliphatic rings. The molecule has 1 heterocycles. The number of methoxy groups -OCH3 is 1. The molecule has 0 aliphatic carbocycles. The summed E-state index contributed by atoms with van der Waals surface area (Å²) >= 11 is 0. The van der Waals surface area contributed by atoms with Gasteiger partial charge in [-0.2, -0.15) is 0 Å². The van der Waals surface area contributed by atoms with Crippen molar-refractivity contribution in [3.8, 4) is 0 Å². The van der Waals surface area contributed by atoms with E-state index in [4.69, 9.17) is 18.9 Å². The van der Waals surface area contributed by atoms with Gasteiger partial charge in [-0.25, -0.2) is 0 Å². The van der Waals surface area contributed by atoms with Crippen molar-refractivity contribution in [3.63, 3.8) is 0 Å². The first kappa shape index (κ1) is 18.4. The summed E-state index contributed by atoms with van der Waals surface area (Å²) in [7, 11) is 1.64. The van der Waals surface area contributed by atoms with E-state index < -0.39 is 0 Å². The highest BCUT2D eigenvalue weighted by atomic mass is 16.6. The van der Waals surface area contributed by atoms with Crippen molar-refractivity contribution in [2.24, 2.45) is 5.92 Å². The Morgan fingerprint density at radius 3 is 2.48 bits per heavy atom. The first-order valence-corrected chi connectivity index (χ1v) is 7.83. The minimum absolute atomic E-state index is 0.125. The Hall–Kier alpha value is -0.690. The van der Waals surface area contributed by atoms with E-state index in [-0.39, 0.29) is 5.97 Å². The molecule has 0 aromatic heterocycles. The van der Waals surface area contributed by atoms with Gasteiger partial charge in [0.1, 0.15) is 6.61 Å². The molecule has 1 rings (SSSR count). The van der Waals surface area contributed by atoms with E-state index in [1.54, 1.807) is 7.11 Å². The average Bonchev–Trinajstić information content (AvgIpc) is 2.52. The molecule has 6 heteroatoms. The number of carbonyl (C=O) groups is 1.